The number of fused-ring (bicyclic) bond motifs is 1. The van der Waals surface area contributed by atoms with E-state index in [-0.39, 0.29) is 6.42 Å². The number of benzene rings is 2. The minimum atomic E-state index is -2.18. The zero-order valence-corrected chi connectivity index (χ0v) is 14.0. The maximum Gasteiger partial charge on any atom is 0.279 e. The summed E-state index contributed by atoms with van der Waals surface area (Å²) in [7, 11) is 0. The number of hydrogen-bond acceptors (Lipinski definition) is 4. The highest BCUT2D eigenvalue weighted by molar-refractivity contribution is 7.20. The molecule has 1 heterocycles. The molecule has 1 atom stereocenters. The molecule has 3 aromatic rings. The SMILES string of the molecule is CC(O)(F)CCc1ccc(Oc2nc3ccccc3s2)c(Cl)c1. The predicted molar refractivity (Wildman–Crippen MR) is 91.2 cm³/mol. The lowest BCUT2D eigenvalue weighted by atomic mass is 10.1. The van der Waals surface area contributed by atoms with Gasteiger partial charge in [0.1, 0.15) is 5.75 Å². The van der Waals surface area contributed by atoms with E-state index in [4.69, 9.17) is 21.4 Å². The average Bonchev–Trinajstić information content (AvgIpc) is 2.89. The van der Waals surface area contributed by atoms with Crippen LogP contribution >= 0.6 is 22.9 Å². The van der Waals surface area contributed by atoms with E-state index < -0.39 is 5.85 Å². The average molecular weight is 352 g/mol. The maximum absolute atomic E-state index is 13.1. The molecule has 1 N–H and O–H groups in total. The predicted octanol–water partition coefficient (Wildman–Crippen LogP) is 5.35. The van der Waals surface area contributed by atoms with E-state index in [9.17, 15) is 4.39 Å². The molecule has 0 radical (unpaired) electrons. The standard InChI is InChI=1S/C17H15ClFNO2S/c1-17(19,21)9-8-11-6-7-14(12(18)10-11)22-16-20-13-4-2-3-5-15(13)23-16/h2-7,10,21H,8-9H2,1H3. The first-order valence-electron chi connectivity index (χ1n) is 7.14. The van der Waals surface area contributed by atoms with Gasteiger partial charge in [0.15, 0.2) is 0 Å². The molecule has 1 aromatic heterocycles. The molecular weight excluding hydrogens is 337 g/mol. The molecule has 0 aliphatic heterocycles. The van der Waals surface area contributed by atoms with Gasteiger partial charge in [-0.05, 0) is 43.2 Å². The van der Waals surface area contributed by atoms with E-state index in [1.54, 1.807) is 18.2 Å². The quantitative estimate of drug-likeness (QED) is 0.673. The topological polar surface area (TPSA) is 42.4 Å². The van der Waals surface area contributed by atoms with Gasteiger partial charge in [0.25, 0.3) is 5.19 Å². The van der Waals surface area contributed by atoms with Crippen molar-refractivity contribution in [2.45, 2.75) is 25.6 Å². The summed E-state index contributed by atoms with van der Waals surface area (Å²) in [5, 5.41) is 10.1. The second kappa shape index (κ2) is 6.43. The Kier molecular flexibility index (Phi) is 4.53. The Balaban J connectivity index is 1.75. The van der Waals surface area contributed by atoms with Crippen LogP contribution in [-0.2, 0) is 6.42 Å². The number of aromatic nitrogens is 1. The number of ether oxygens (including phenoxy) is 1. The molecule has 0 saturated carbocycles. The lowest BCUT2D eigenvalue weighted by Gasteiger charge is -2.13. The molecule has 0 bridgehead atoms. The Morgan fingerprint density at radius 3 is 2.78 bits per heavy atom. The third-order valence-corrected chi connectivity index (χ3v) is 4.55. The summed E-state index contributed by atoms with van der Waals surface area (Å²) in [6.07, 6.45) is 0.409. The smallest absolute Gasteiger partial charge is 0.279 e. The Bertz CT molecular complexity index is 796. The molecule has 2 aromatic carbocycles. The van der Waals surface area contributed by atoms with Crippen LogP contribution < -0.4 is 4.74 Å². The van der Waals surface area contributed by atoms with Crippen LogP contribution in [0.25, 0.3) is 10.2 Å². The van der Waals surface area contributed by atoms with Crippen molar-refractivity contribution in [1.29, 1.82) is 0 Å². The zero-order chi connectivity index (χ0) is 16.4. The molecule has 120 valence electrons. The normalized spacial score (nSPS) is 13.9. The molecule has 0 spiro atoms. The van der Waals surface area contributed by atoms with Gasteiger partial charge in [0.05, 0.1) is 15.2 Å². The number of alkyl halides is 1. The van der Waals surface area contributed by atoms with Crippen LogP contribution in [-0.4, -0.2) is 15.9 Å². The summed E-state index contributed by atoms with van der Waals surface area (Å²) in [5.41, 5.74) is 1.72. The summed E-state index contributed by atoms with van der Waals surface area (Å²) in [6.45, 7) is 1.14. The van der Waals surface area contributed by atoms with Gasteiger partial charge in [-0.3, -0.25) is 0 Å². The third kappa shape index (κ3) is 4.19. The molecule has 0 saturated heterocycles. The monoisotopic (exact) mass is 351 g/mol. The van der Waals surface area contributed by atoms with E-state index in [1.165, 1.54) is 11.3 Å². The van der Waals surface area contributed by atoms with E-state index in [1.807, 2.05) is 24.3 Å². The fraction of sp³-hybridized carbons (Fsp3) is 0.235. The van der Waals surface area contributed by atoms with E-state index in [0.717, 1.165) is 22.7 Å². The lowest BCUT2D eigenvalue weighted by molar-refractivity contribution is -0.0760. The third-order valence-electron chi connectivity index (χ3n) is 3.34. The van der Waals surface area contributed by atoms with Gasteiger partial charge in [-0.1, -0.05) is 41.1 Å². The number of aliphatic hydroxyl groups is 1. The van der Waals surface area contributed by atoms with E-state index in [2.05, 4.69) is 4.98 Å². The molecule has 3 rings (SSSR count). The van der Waals surface area contributed by atoms with Gasteiger partial charge in [-0.15, -0.1) is 0 Å². The fourth-order valence-electron chi connectivity index (χ4n) is 2.14. The second-order valence-corrected chi connectivity index (χ2v) is 6.86. The van der Waals surface area contributed by atoms with E-state index in [0.29, 0.717) is 22.4 Å². The molecule has 3 nitrogen and oxygen atoms in total. The van der Waals surface area contributed by atoms with Crippen LogP contribution in [0.15, 0.2) is 42.5 Å². The summed E-state index contributed by atoms with van der Waals surface area (Å²) in [4.78, 5) is 4.40. The number of thiazole rings is 1. The Hall–Kier alpha value is -1.69. The van der Waals surface area contributed by atoms with Crippen LogP contribution in [0.2, 0.25) is 5.02 Å². The Morgan fingerprint density at radius 2 is 2.09 bits per heavy atom. The molecule has 6 heteroatoms. The number of hydrogen-bond donors (Lipinski definition) is 1. The number of aryl methyl sites for hydroxylation is 1. The van der Waals surface area contributed by atoms with Crippen molar-refractivity contribution in [2.75, 3.05) is 0 Å². The minimum absolute atomic E-state index is 0.0153. The lowest BCUT2D eigenvalue weighted by Crippen LogP contribution is -2.17. The summed E-state index contributed by atoms with van der Waals surface area (Å²) < 4.78 is 19.9. The van der Waals surface area contributed by atoms with Gasteiger partial charge in [-0.25, -0.2) is 9.37 Å². The minimum Gasteiger partial charge on any atom is -0.429 e. The molecular formula is C17H15ClFNO2S. The molecule has 0 aliphatic carbocycles. The van der Waals surface area contributed by atoms with Crippen LogP contribution in [0.3, 0.4) is 0 Å². The molecule has 23 heavy (non-hydrogen) atoms. The highest BCUT2D eigenvalue weighted by Crippen LogP contribution is 2.35. The largest absolute Gasteiger partial charge is 0.429 e. The number of para-hydroxylation sites is 1. The van der Waals surface area contributed by atoms with Gasteiger partial charge in [0, 0.05) is 6.42 Å². The van der Waals surface area contributed by atoms with Crippen molar-refractivity contribution in [3.63, 3.8) is 0 Å². The first-order valence-corrected chi connectivity index (χ1v) is 8.33. The van der Waals surface area contributed by atoms with Crippen molar-refractivity contribution in [3.8, 4) is 10.9 Å². The molecule has 0 aliphatic rings. The van der Waals surface area contributed by atoms with Gasteiger partial charge >= 0.3 is 0 Å². The zero-order valence-electron chi connectivity index (χ0n) is 12.4. The van der Waals surface area contributed by atoms with Crippen molar-refractivity contribution in [1.82, 2.24) is 4.98 Å². The first kappa shape index (κ1) is 16.2. The number of rotatable bonds is 5. The number of halogens is 2. The molecule has 0 amide bonds. The van der Waals surface area contributed by atoms with Gasteiger partial charge in [-0.2, -0.15) is 0 Å². The van der Waals surface area contributed by atoms with Gasteiger partial charge in [0.2, 0.25) is 5.85 Å². The van der Waals surface area contributed by atoms with Gasteiger partial charge < -0.3 is 9.84 Å². The fourth-order valence-corrected chi connectivity index (χ4v) is 3.21. The Labute approximate surface area is 142 Å². The van der Waals surface area contributed by atoms with Crippen molar-refractivity contribution < 1.29 is 14.2 Å². The van der Waals surface area contributed by atoms with E-state index >= 15 is 0 Å². The van der Waals surface area contributed by atoms with Crippen molar-refractivity contribution >= 4 is 33.2 Å². The molecule has 1 unspecified atom stereocenters. The van der Waals surface area contributed by atoms with Crippen molar-refractivity contribution in [3.05, 3.63) is 53.1 Å². The summed E-state index contributed by atoms with van der Waals surface area (Å²) in [5.74, 6) is -1.68. The van der Waals surface area contributed by atoms with Crippen LogP contribution in [0, 0.1) is 0 Å². The van der Waals surface area contributed by atoms with Crippen molar-refractivity contribution in [2.24, 2.45) is 0 Å². The highest BCUT2D eigenvalue weighted by atomic mass is 35.5. The van der Waals surface area contributed by atoms with Crippen LogP contribution in [0.5, 0.6) is 10.9 Å². The molecule has 0 fully saturated rings. The van der Waals surface area contributed by atoms with Crippen LogP contribution in [0.1, 0.15) is 18.9 Å². The Morgan fingerprint density at radius 1 is 1.30 bits per heavy atom. The number of nitrogens with zero attached hydrogens (tertiary/aromatic N) is 1. The first-order chi connectivity index (χ1) is 10.9. The maximum atomic E-state index is 13.1. The summed E-state index contributed by atoms with van der Waals surface area (Å²) >= 11 is 7.67. The van der Waals surface area contributed by atoms with Crippen LogP contribution in [0.4, 0.5) is 4.39 Å². The second-order valence-electron chi connectivity index (χ2n) is 5.46. The summed E-state index contributed by atoms with van der Waals surface area (Å²) in [6, 6.07) is 13.0. The highest BCUT2D eigenvalue weighted by Gasteiger charge is 2.18.